The first kappa shape index (κ1) is 21.0. The summed E-state index contributed by atoms with van der Waals surface area (Å²) >= 11 is 2.95. The molecule has 1 heterocycles. The smallest absolute Gasteiger partial charge is 0.258 e. The molecule has 3 aromatic carbocycles. The van der Waals surface area contributed by atoms with Crippen molar-refractivity contribution in [2.24, 2.45) is 0 Å². The zero-order valence-corrected chi connectivity index (χ0v) is 18.7. The average Bonchev–Trinajstić information content (AvgIpc) is 3.24. The van der Waals surface area contributed by atoms with Crippen molar-refractivity contribution in [1.82, 2.24) is 4.98 Å². The largest absolute Gasteiger partial charge is 0.283 e. The lowest BCUT2D eigenvalue weighted by Gasteiger charge is -2.04. The fourth-order valence-electron chi connectivity index (χ4n) is 2.99. The summed E-state index contributed by atoms with van der Waals surface area (Å²) in [5.41, 5.74) is 5.26. The summed E-state index contributed by atoms with van der Waals surface area (Å²) < 4.78 is 0. The molecule has 0 radical (unpaired) electrons. The molecule has 4 nitrogen and oxygen atoms in total. The summed E-state index contributed by atoms with van der Waals surface area (Å²) in [6, 6.07) is 21.5. The molecule has 4 rings (SSSR count). The first-order valence-electron chi connectivity index (χ1n) is 9.71. The van der Waals surface area contributed by atoms with Crippen LogP contribution in [0.15, 0.2) is 81.9 Å². The van der Waals surface area contributed by atoms with Crippen molar-refractivity contribution in [2.45, 2.75) is 23.6 Å². The molecule has 6 heteroatoms. The highest BCUT2D eigenvalue weighted by Crippen LogP contribution is 2.36. The highest BCUT2D eigenvalue weighted by molar-refractivity contribution is 7.99. The van der Waals surface area contributed by atoms with Crippen LogP contribution in [-0.4, -0.2) is 9.91 Å². The van der Waals surface area contributed by atoms with Crippen LogP contribution in [0, 0.1) is 24.0 Å². The van der Waals surface area contributed by atoms with Crippen LogP contribution in [-0.2, 0) is 0 Å². The maximum absolute atomic E-state index is 11.6. The van der Waals surface area contributed by atoms with E-state index in [1.807, 2.05) is 60.9 Å². The first-order valence-corrected chi connectivity index (χ1v) is 11.4. The molecule has 0 fully saturated rings. The van der Waals surface area contributed by atoms with Gasteiger partial charge in [0.2, 0.25) is 0 Å². The molecule has 0 amide bonds. The summed E-state index contributed by atoms with van der Waals surface area (Å²) in [5, 5.41) is 14.5. The van der Waals surface area contributed by atoms with Crippen molar-refractivity contribution < 1.29 is 4.92 Å². The lowest BCUT2D eigenvalue weighted by atomic mass is 10.1. The van der Waals surface area contributed by atoms with Crippen molar-refractivity contribution in [1.29, 1.82) is 0 Å². The van der Waals surface area contributed by atoms with E-state index in [2.05, 4.69) is 36.2 Å². The lowest BCUT2D eigenvalue weighted by molar-refractivity contribution is -0.387. The molecule has 0 aliphatic rings. The molecule has 0 N–H and O–H groups in total. The second kappa shape index (κ2) is 9.29. The van der Waals surface area contributed by atoms with Gasteiger partial charge in [-0.15, -0.1) is 11.3 Å². The third-order valence-electron chi connectivity index (χ3n) is 4.72. The zero-order valence-electron chi connectivity index (χ0n) is 17.1. The molecule has 154 valence electrons. The Morgan fingerprint density at radius 2 is 1.61 bits per heavy atom. The van der Waals surface area contributed by atoms with Crippen LogP contribution < -0.4 is 0 Å². The fourth-order valence-corrected chi connectivity index (χ4v) is 4.61. The fraction of sp³-hybridized carbons (Fsp3) is 0.0800. The number of hydrogen-bond donors (Lipinski definition) is 0. The van der Waals surface area contributed by atoms with Crippen molar-refractivity contribution in [3.05, 3.63) is 104 Å². The molecule has 4 aromatic rings. The van der Waals surface area contributed by atoms with E-state index < -0.39 is 0 Å². The Kier molecular flexibility index (Phi) is 6.30. The Hall–Kier alpha value is -3.22. The zero-order chi connectivity index (χ0) is 21.8. The number of aryl methyl sites for hydroxylation is 2. The Labute approximate surface area is 189 Å². The van der Waals surface area contributed by atoms with Gasteiger partial charge in [-0.1, -0.05) is 71.4 Å². The van der Waals surface area contributed by atoms with E-state index in [-0.39, 0.29) is 10.6 Å². The Bertz CT molecular complexity index is 1240. The first-order chi connectivity index (χ1) is 15.0. The summed E-state index contributed by atoms with van der Waals surface area (Å²) in [4.78, 5) is 17.6. The SMILES string of the molecule is Cc1ccc(Sc2ccc(/C=C/c3nc(-c4ccc(C)cc4)cs3)cc2[N+](=O)[O-])cc1. The number of nitrogens with zero attached hydrogens (tertiary/aromatic N) is 2. The molecule has 0 saturated heterocycles. The highest BCUT2D eigenvalue weighted by Gasteiger charge is 2.15. The average molecular weight is 445 g/mol. The second-order valence-electron chi connectivity index (χ2n) is 7.17. The van der Waals surface area contributed by atoms with E-state index in [0.29, 0.717) is 4.90 Å². The maximum Gasteiger partial charge on any atom is 0.283 e. The summed E-state index contributed by atoms with van der Waals surface area (Å²) in [6.07, 6.45) is 3.76. The normalized spacial score (nSPS) is 11.2. The van der Waals surface area contributed by atoms with Crippen LogP contribution in [0.4, 0.5) is 5.69 Å². The van der Waals surface area contributed by atoms with E-state index in [9.17, 15) is 10.1 Å². The molecule has 0 atom stereocenters. The van der Waals surface area contributed by atoms with Gasteiger partial charge in [0.05, 0.1) is 15.5 Å². The number of benzene rings is 3. The minimum atomic E-state index is -0.327. The lowest BCUT2D eigenvalue weighted by Crippen LogP contribution is -1.91. The van der Waals surface area contributed by atoms with E-state index >= 15 is 0 Å². The van der Waals surface area contributed by atoms with Gasteiger partial charge in [-0.2, -0.15) is 0 Å². The van der Waals surface area contributed by atoms with E-state index in [1.165, 1.54) is 17.3 Å². The van der Waals surface area contributed by atoms with Crippen LogP contribution in [0.2, 0.25) is 0 Å². The number of thiazole rings is 1. The van der Waals surface area contributed by atoms with Crippen molar-refractivity contribution in [3.63, 3.8) is 0 Å². The number of rotatable bonds is 6. The van der Waals surface area contributed by atoms with Gasteiger partial charge in [-0.05, 0) is 43.7 Å². The van der Waals surface area contributed by atoms with Gasteiger partial charge in [0.15, 0.2) is 0 Å². The molecule has 1 aromatic heterocycles. The van der Waals surface area contributed by atoms with Crippen molar-refractivity contribution in [3.8, 4) is 11.3 Å². The number of nitro benzene ring substituents is 1. The quantitative estimate of drug-likeness (QED) is 0.226. The van der Waals surface area contributed by atoms with Crippen molar-refractivity contribution in [2.75, 3.05) is 0 Å². The van der Waals surface area contributed by atoms with Crippen LogP contribution >= 0.6 is 23.1 Å². The molecule has 0 aliphatic heterocycles. The summed E-state index contributed by atoms with van der Waals surface area (Å²) in [6.45, 7) is 4.08. The number of hydrogen-bond acceptors (Lipinski definition) is 5. The van der Waals surface area contributed by atoms with Crippen LogP contribution in [0.25, 0.3) is 23.4 Å². The highest BCUT2D eigenvalue weighted by atomic mass is 32.2. The maximum atomic E-state index is 11.6. The van der Waals surface area contributed by atoms with Gasteiger partial charge in [-0.3, -0.25) is 10.1 Å². The van der Waals surface area contributed by atoms with E-state index in [1.54, 1.807) is 17.4 Å². The van der Waals surface area contributed by atoms with Crippen LogP contribution in [0.1, 0.15) is 21.7 Å². The monoisotopic (exact) mass is 444 g/mol. The Morgan fingerprint density at radius 1 is 0.935 bits per heavy atom. The van der Waals surface area contributed by atoms with Gasteiger partial charge in [0, 0.05) is 21.9 Å². The molecule has 0 bridgehead atoms. The van der Waals surface area contributed by atoms with Gasteiger partial charge in [-0.25, -0.2) is 4.98 Å². The van der Waals surface area contributed by atoms with Gasteiger partial charge >= 0.3 is 0 Å². The minimum Gasteiger partial charge on any atom is -0.258 e. The molecule has 31 heavy (non-hydrogen) atoms. The Balaban J connectivity index is 1.54. The third-order valence-corrected chi connectivity index (χ3v) is 6.60. The number of aromatic nitrogens is 1. The van der Waals surface area contributed by atoms with Gasteiger partial charge in [0.25, 0.3) is 5.69 Å². The van der Waals surface area contributed by atoms with Gasteiger partial charge in [0.1, 0.15) is 5.01 Å². The molecule has 0 unspecified atom stereocenters. The summed E-state index contributed by atoms with van der Waals surface area (Å²) in [7, 11) is 0. The molecule has 0 aliphatic carbocycles. The van der Waals surface area contributed by atoms with E-state index in [0.717, 1.165) is 32.3 Å². The predicted molar refractivity (Wildman–Crippen MR) is 130 cm³/mol. The molecule has 0 spiro atoms. The molecular weight excluding hydrogens is 424 g/mol. The second-order valence-corrected chi connectivity index (χ2v) is 9.17. The topological polar surface area (TPSA) is 56.0 Å². The summed E-state index contributed by atoms with van der Waals surface area (Å²) in [5.74, 6) is 0. The minimum absolute atomic E-state index is 0.104. The number of nitro groups is 1. The van der Waals surface area contributed by atoms with Crippen LogP contribution in [0.3, 0.4) is 0 Å². The molecular formula is C25H20N2O2S2. The van der Waals surface area contributed by atoms with Gasteiger partial charge < -0.3 is 0 Å². The van der Waals surface area contributed by atoms with Crippen molar-refractivity contribution >= 4 is 40.9 Å². The van der Waals surface area contributed by atoms with Crippen LogP contribution in [0.5, 0.6) is 0 Å². The Morgan fingerprint density at radius 3 is 2.29 bits per heavy atom. The molecule has 0 saturated carbocycles. The predicted octanol–water partition coefficient (Wildman–Crippen LogP) is 7.66. The standard InChI is InChI=1S/C25H20N2O2S2/c1-17-3-9-20(10-4-17)22-16-30-25(26-22)14-8-19-7-13-24(23(15-19)27(28)29)31-21-11-5-18(2)6-12-21/h3-16H,1-2H3/b14-8+. The third kappa shape index (κ3) is 5.29. The van der Waals surface area contributed by atoms with E-state index in [4.69, 9.17) is 0 Å².